The highest BCUT2D eigenvalue weighted by Gasteiger charge is 2.40. The summed E-state index contributed by atoms with van der Waals surface area (Å²) >= 11 is 6.07. The molecule has 98 valence electrons. The van der Waals surface area contributed by atoms with Crippen LogP contribution in [0.25, 0.3) is 0 Å². The predicted molar refractivity (Wildman–Crippen MR) is 70.9 cm³/mol. The number of fused-ring (bicyclic) bond motifs is 1. The van der Waals surface area contributed by atoms with Crippen LogP contribution >= 0.6 is 11.6 Å². The summed E-state index contributed by atoms with van der Waals surface area (Å²) in [6.07, 6.45) is 2.36. The maximum atomic E-state index is 13.7. The minimum atomic E-state index is -0.205. The lowest BCUT2D eigenvalue weighted by Gasteiger charge is -2.19. The van der Waals surface area contributed by atoms with Gasteiger partial charge in [-0.2, -0.15) is 0 Å². The maximum absolute atomic E-state index is 13.7. The van der Waals surface area contributed by atoms with Gasteiger partial charge < -0.3 is 5.73 Å². The molecule has 0 aromatic heterocycles. The van der Waals surface area contributed by atoms with Crippen molar-refractivity contribution in [3.8, 4) is 0 Å². The zero-order valence-corrected chi connectivity index (χ0v) is 11.0. The van der Waals surface area contributed by atoms with E-state index in [4.69, 9.17) is 17.3 Å². The third-order valence-electron chi connectivity index (χ3n) is 4.43. The second-order valence-corrected chi connectivity index (χ2v) is 5.97. The minimum absolute atomic E-state index is 0.205. The van der Waals surface area contributed by atoms with Gasteiger partial charge in [-0.25, -0.2) is 4.39 Å². The van der Waals surface area contributed by atoms with Gasteiger partial charge in [-0.15, -0.1) is 0 Å². The van der Waals surface area contributed by atoms with E-state index < -0.39 is 0 Å². The van der Waals surface area contributed by atoms with Crippen molar-refractivity contribution in [2.24, 2.45) is 17.6 Å². The van der Waals surface area contributed by atoms with Crippen LogP contribution in [0.3, 0.4) is 0 Å². The van der Waals surface area contributed by atoms with Gasteiger partial charge in [0.1, 0.15) is 5.82 Å². The fourth-order valence-electron chi connectivity index (χ4n) is 3.44. The number of benzene rings is 1. The Bertz CT molecular complexity index is 431. The third-order valence-corrected chi connectivity index (χ3v) is 4.79. The zero-order valence-electron chi connectivity index (χ0n) is 10.3. The van der Waals surface area contributed by atoms with Gasteiger partial charge in [-0.05, 0) is 36.8 Å². The van der Waals surface area contributed by atoms with Crippen LogP contribution in [-0.4, -0.2) is 24.0 Å². The number of nitrogens with two attached hydrogens (primary N) is 1. The quantitative estimate of drug-likeness (QED) is 0.894. The highest BCUT2D eigenvalue weighted by Crippen LogP contribution is 2.38. The van der Waals surface area contributed by atoms with Crippen molar-refractivity contribution in [2.45, 2.75) is 25.4 Å². The van der Waals surface area contributed by atoms with Crippen LogP contribution in [0.4, 0.5) is 4.39 Å². The summed E-state index contributed by atoms with van der Waals surface area (Å²) < 4.78 is 13.7. The topological polar surface area (TPSA) is 29.3 Å². The number of halogens is 2. The van der Waals surface area contributed by atoms with E-state index >= 15 is 0 Å². The molecule has 3 unspecified atom stereocenters. The van der Waals surface area contributed by atoms with Crippen molar-refractivity contribution < 1.29 is 4.39 Å². The number of hydrogen-bond acceptors (Lipinski definition) is 2. The molecule has 1 heterocycles. The number of nitrogens with zero attached hydrogens (tertiary/aromatic N) is 1. The molecule has 2 N–H and O–H groups in total. The monoisotopic (exact) mass is 268 g/mol. The summed E-state index contributed by atoms with van der Waals surface area (Å²) in [7, 11) is 0. The van der Waals surface area contributed by atoms with Gasteiger partial charge in [0.25, 0.3) is 0 Å². The number of hydrogen-bond donors (Lipinski definition) is 1. The minimum Gasteiger partial charge on any atom is -0.327 e. The Labute approximate surface area is 112 Å². The second-order valence-electron chi connectivity index (χ2n) is 5.56. The molecular weight excluding hydrogens is 251 g/mol. The molecule has 4 heteroatoms. The molecule has 3 rings (SSSR count). The van der Waals surface area contributed by atoms with E-state index in [1.165, 1.54) is 12.5 Å². The van der Waals surface area contributed by atoms with Crippen molar-refractivity contribution >= 4 is 11.6 Å². The van der Waals surface area contributed by atoms with Gasteiger partial charge in [0.05, 0.1) is 0 Å². The Morgan fingerprint density at radius 1 is 1.33 bits per heavy atom. The SMILES string of the molecule is NC1CCC2CN(Cc3c(F)cccc3Cl)CC12. The smallest absolute Gasteiger partial charge is 0.129 e. The van der Waals surface area contributed by atoms with E-state index in [-0.39, 0.29) is 5.82 Å². The van der Waals surface area contributed by atoms with E-state index in [0.717, 1.165) is 19.5 Å². The largest absolute Gasteiger partial charge is 0.327 e. The van der Waals surface area contributed by atoms with Crippen LogP contribution in [0.2, 0.25) is 5.02 Å². The van der Waals surface area contributed by atoms with Gasteiger partial charge >= 0.3 is 0 Å². The molecule has 3 atom stereocenters. The second kappa shape index (κ2) is 4.80. The molecule has 2 aliphatic rings. The molecule has 0 spiro atoms. The fourth-order valence-corrected chi connectivity index (χ4v) is 3.66. The Morgan fingerprint density at radius 2 is 2.17 bits per heavy atom. The normalized spacial score (nSPS) is 31.8. The van der Waals surface area contributed by atoms with Crippen LogP contribution in [0.15, 0.2) is 18.2 Å². The van der Waals surface area contributed by atoms with E-state index in [2.05, 4.69) is 4.90 Å². The molecule has 0 bridgehead atoms. The molecule has 1 saturated carbocycles. The van der Waals surface area contributed by atoms with Crippen molar-refractivity contribution in [3.63, 3.8) is 0 Å². The molecule has 1 aromatic carbocycles. The van der Waals surface area contributed by atoms with Crippen LogP contribution in [-0.2, 0) is 6.54 Å². The molecule has 0 amide bonds. The third kappa shape index (κ3) is 2.15. The number of rotatable bonds is 2. The van der Waals surface area contributed by atoms with E-state index in [0.29, 0.717) is 35.0 Å². The summed E-state index contributed by atoms with van der Waals surface area (Å²) in [6, 6.07) is 5.21. The molecule has 2 nitrogen and oxygen atoms in total. The first-order valence-electron chi connectivity index (χ1n) is 6.56. The fraction of sp³-hybridized carbons (Fsp3) is 0.571. The van der Waals surface area contributed by atoms with Gasteiger partial charge in [0.2, 0.25) is 0 Å². The lowest BCUT2D eigenvalue weighted by molar-refractivity contribution is 0.294. The highest BCUT2D eigenvalue weighted by atomic mass is 35.5. The van der Waals surface area contributed by atoms with Gasteiger partial charge in [0, 0.05) is 36.3 Å². The Kier molecular flexibility index (Phi) is 3.31. The van der Waals surface area contributed by atoms with Crippen molar-refractivity contribution in [1.29, 1.82) is 0 Å². The summed E-state index contributed by atoms with van der Waals surface area (Å²) in [5.41, 5.74) is 6.73. The van der Waals surface area contributed by atoms with Crippen molar-refractivity contribution in [2.75, 3.05) is 13.1 Å². The van der Waals surface area contributed by atoms with Crippen LogP contribution in [0.5, 0.6) is 0 Å². The lowest BCUT2D eigenvalue weighted by atomic mass is 9.98. The molecule has 2 fully saturated rings. The van der Waals surface area contributed by atoms with E-state index in [1.54, 1.807) is 12.1 Å². The van der Waals surface area contributed by atoms with Gasteiger partial charge in [-0.1, -0.05) is 17.7 Å². The first kappa shape index (κ1) is 12.4. The Balaban J connectivity index is 1.72. The molecule has 18 heavy (non-hydrogen) atoms. The average molecular weight is 269 g/mol. The van der Waals surface area contributed by atoms with Crippen LogP contribution < -0.4 is 5.73 Å². The van der Waals surface area contributed by atoms with Crippen LogP contribution in [0.1, 0.15) is 18.4 Å². The summed E-state index contributed by atoms with van der Waals surface area (Å²) in [6.45, 7) is 2.62. The van der Waals surface area contributed by atoms with E-state index in [9.17, 15) is 4.39 Å². The van der Waals surface area contributed by atoms with E-state index in [1.807, 2.05) is 0 Å². The Hall–Kier alpha value is -0.640. The molecule has 1 saturated heterocycles. The standard InChI is InChI=1S/C14H18ClFN2/c15-12-2-1-3-13(16)11(12)8-18-6-9-4-5-14(17)10(9)7-18/h1-3,9-10,14H,4-8,17H2. The summed E-state index contributed by atoms with van der Waals surface area (Å²) in [5.74, 6) is 1.09. The Morgan fingerprint density at radius 3 is 2.89 bits per heavy atom. The lowest BCUT2D eigenvalue weighted by Crippen LogP contribution is -2.30. The first-order chi connectivity index (χ1) is 8.65. The van der Waals surface area contributed by atoms with Crippen molar-refractivity contribution in [3.05, 3.63) is 34.6 Å². The van der Waals surface area contributed by atoms with Gasteiger partial charge in [0.15, 0.2) is 0 Å². The molecule has 1 aliphatic heterocycles. The summed E-state index contributed by atoms with van der Waals surface area (Å²) in [5, 5.41) is 0.524. The zero-order chi connectivity index (χ0) is 12.7. The van der Waals surface area contributed by atoms with Crippen molar-refractivity contribution in [1.82, 2.24) is 4.90 Å². The highest BCUT2D eigenvalue weighted by molar-refractivity contribution is 6.31. The van der Waals surface area contributed by atoms with Crippen LogP contribution in [0, 0.1) is 17.7 Å². The maximum Gasteiger partial charge on any atom is 0.129 e. The first-order valence-corrected chi connectivity index (χ1v) is 6.94. The molecule has 1 aliphatic carbocycles. The van der Waals surface area contributed by atoms with Gasteiger partial charge in [-0.3, -0.25) is 4.90 Å². The molecular formula is C14H18ClFN2. The molecule has 1 aromatic rings. The molecule has 0 radical (unpaired) electrons. The number of likely N-dealkylation sites (tertiary alicyclic amines) is 1. The average Bonchev–Trinajstić information content (AvgIpc) is 2.87. The predicted octanol–water partition coefficient (Wildman–Crippen LogP) is 2.65. The summed E-state index contributed by atoms with van der Waals surface area (Å²) in [4.78, 5) is 2.29.